The van der Waals surface area contributed by atoms with Crippen LogP contribution >= 0.6 is 0 Å². The third-order valence-electron chi connectivity index (χ3n) is 12.3. The highest BCUT2D eigenvalue weighted by atomic mass is 16.5. The predicted octanol–water partition coefficient (Wildman–Crippen LogP) is 8.39. The SMILES string of the molecule is O=C(O)CC1C(Cc2n[nH]c(=O)o2)C(C(=O)N(Cc2ccc(Oc3ccccc3)cc2)C2CCCC2)C1C(=O)N(Cc1ccc(Oc2ccccc2)cc1)C1CCCC1. The lowest BCUT2D eigenvalue weighted by Crippen LogP contribution is -2.62. The second-order valence-corrected chi connectivity index (χ2v) is 16.1. The molecule has 3 aliphatic rings. The van der Waals surface area contributed by atoms with Crippen molar-refractivity contribution in [2.45, 2.75) is 89.4 Å². The van der Waals surface area contributed by atoms with Gasteiger partial charge in [-0.3, -0.25) is 14.4 Å². The molecule has 1 aromatic heterocycles. The van der Waals surface area contributed by atoms with Crippen molar-refractivity contribution in [1.29, 1.82) is 0 Å². The van der Waals surface area contributed by atoms with Gasteiger partial charge in [-0.25, -0.2) is 9.89 Å². The molecule has 12 nitrogen and oxygen atoms in total. The number of rotatable bonds is 16. The Morgan fingerprint density at radius 3 is 1.46 bits per heavy atom. The first-order valence-electron chi connectivity index (χ1n) is 20.8. The van der Waals surface area contributed by atoms with Crippen molar-refractivity contribution in [3.63, 3.8) is 0 Å². The number of ether oxygens (including phenoxy) is 2. The maximum absolute atomic E-state index is 15.3. The minimum absolute atomic E-state index is 0.0384. The summed E-state index contributed by atoms with van der Waals surface area (Å²) >= 11 is 0. The quantitative estimate of drug-likeness (QED) is 0.100. The van der Waals surface area contributed by atoms with Crippen LogP contribution in [0.1, 0.15) is 74.8 Å². The standard InChI is InChI=1S/C47H50N4O8/c52-42(53)28-40-39(27-41-48-49-47(56)59-41)43(45(54)50(33-11-7-8-12-33)29-31-19-23-37(24-20-31)57-35-15-3-1-4-16-35)44(40)46(55)51(34-13-9-10-14-34)30-32-21-25-38(26-22-32)58-36-17-5-2-6-18-36/h1-6,15-26,33-34,39-40,43-44H,7-14,27-30H2,(H,49,56)(H,52,53). The van der Waals surface area contributed by atoms with E-state index in [2.05, 4.69) is 10.2 Å². The summed E-state index contributed by atoms with van der Waals surface area (Å²) in [5.41, 5.74) is 1.82. The fourth-order valence-corrected chi connectivity index (χ4v) is 9.46. The van der Waals surface area contributed by atoms with Gasteiger partial charge in [-0.05, 0) is 97.2 Å². The van der Waals surface area contributed by atoms with Gasteiger partial charge in [0.1, 0.15) is 23.0 Å². The Morgan fingerprint density at radius 1 is 0.627 bits per heavy atom. The van der Waals surface area contributed by atoms with E-state index in [4.69, 9.17) is 13.9 Å². The molecule has 0 spiro atoms. The van der Waals surface area contributed by atoms with Crippen LogP contribution in [-0.4, -0.2) is 55.0 Å². The van der Waals surface area contributed by atoms with Crippen molar-refractivity contribution in [2.24, 2.45) is 23.7 Å². The zero-order valence-electron chi connectivity index (χ0n) is 33.0. The van der Waals surface area contributed by atoms with Crippen molar-refractivity contribution in [3.8, 4) is 23.0 Å². The van der Waals surface area contributed by atoms with Crippen molar-refractivity contribution in [3.05, 3.63) is 137 Å². The van der Waals surface area contributed by atoms with E-state index in [1.165, 1.54) is 0 Å². The number of hydrogen-bond acceptors (Lipinski definition) is 8. The number of hydrogen-bond donors (Lipinski definition) is 2. The molecule has 4 atom stereocenters. The molecule has 0 bridgehead atoms. The van der Waals surface area contributed by atoms with Gasteiger partial charge in [0, 0.05) is 38.0 Å². The van der Waals surface area contributed by atoms with Gasteiger partial charge in [0.25, 0.3) is 0 Å². The molecule has 59 heavy (non-hydrogen) atoms. The maximum atomic E-state index is 15.3. The molecule has 0 saturated heterocycles. The summed E-state index contributed by atoms with van der Waals surface area (Å²) in [5.74, 6) is -2.31. The second kappa shape index (κ2) is 18.2. The number of aliphatic carboxylic acids is 1. The topological polar surface area (TPSA) is 155 Å². The molecule has 306 valence electrons. The van der Waals surface area contributed by atoms with E-state index in [-0.39, 0.29) is 42.6 Å². The third-order valence-corrected chi connectivity index (χ3v) is 12.3. The summed E-state index contributed by atoms with van der Waals surface area (Å²) in [7, 11) is 0. The minimum Gasteiger partial charge on any atom is -0.481 e. The first-order valence-corrected chi connectivity index (χ1v) is 20.8. The lowest BCUT2D eigenvalue weighted by atomic mass is 9.53. The summed E-state index contributed by atoms with van der Waals surface area (Å²) in [6, 6.07) is 34.3. The Hall–Kier alpha value is -6.17. The predicted molar refractivity (Wildman–Crippen MR) is 219 cm³/mol. The van der Waals surface area contributed by atoms with Gasteiger partial charge >= 0.3 is 11.7 Å². The summed E-state index contributed by atoms with van der Waals surface area (Å²) < 4.78 is 17.4. The van der Waals surface area contributed by atoms with Gasteiger partial charge in [0.2, 0.25) is 17.7 Å². The number of carbonyl (C=O) groups is 3. The Bertz CT molecular complexity index is 2230. The van der Waals surface area contributed by atoms with Gasteiger partial charge in [-0.1, -0.05) is 86.3 Å². The minimum atomic E-state index is -1.06. The van der Waals surface area contributed by atoms with Gasteiger partial charge in [0.05, 0.1) is 11.8 Å². The average molecular weight is 799 g/mol. The van der Waals surface area contributed by atoms with Crippen LogP contribution in [0, 0.1) is 23.7 Å². The van der Waals surface area contributed by atoms with Crippen LogP contribution in [0.5, 0.6) is 23.0 Å². The first-order chi connectivity index (χ1) is 28.8. The van der Waals surface area contributed by atoms with Gasteiger partial charge in [0.15, 0.2) is 0 Å². The van der Waals surface area contributed by atoms with E-state index in [0.29, 0.717) is 24.6 Å². The smallest absolute Gasteiger partial charge is 0.434 e. The number of nitrogens with one attached hydrogen (secondary N) is 1. The molecular weight excluding hydrogens is 749 g/mol. The Kier molecular flexibility index (Phi) is 12.2. The number of aromatic nitrogens is 2. The van der Waals surface area contributed by atoms with Crippen molar-refractivity contribution in [1.82, 2.24) is 20.0 Å². The molecule has 8 rings (SSSR count). The lowest BCUT2D eigenvalue weighted by Gasteiger charge is -2.53. The Labute approximate surface area is 343 Å². The number of H-pyrrole nitrogens is 1. The van der Waals surface area contributed by atoms with Crippen LogP contribution in [-0.2, 0) is 33.9 Å². The molecule has 2 amide bonds. The molecule has 2 N–H and O–H groups in total. The van der Waals surface area contributed by atoms with Crippen LogP contribution in [0.2, 0.25) is 0 Å². The summed E-state index contributed by atoms with van der Waals surface area (Å²) in [4.78, 5) is 58.9. The van der Waals surface area contributed by atoms with Crippen molar-refractivity contribution < 1.29 is 33.4 Å². The van der Waals surface area contributed by atoms with E-state index >= 15 is 9.59 Å². The van der Waals surface area contributed by atoms with Crippen molar-refractivity contribution >= 4 is 17.8 Å². The molecule has 0 radical (unpaired) electrons. The molecule has 3 aliphatic carbocycles. The fourth-order valence-electron chi connectivity index (χ4n) is 9.46. The number of carbonyl (C=O) groups excluding carboxylic acids is 2. The molecule has 1 heterocycles. The molecule has 3 saturated carbocycles. The highest BCUT2D eigenvalue weighted by Crippen LogP contribution is 2.52. The Balaban J connectivity index is 1.10. The highest BCUT2D eigenvalue weighted by molar-refractivity contribution is 5.91. The van der Waals surface area contributed by atoms with E-state index in [1.807, 2.05) is 119 Å². The number of para-hydroxylation sites is 2. The normalized spacial score (nSPS) is 20.5. The van der Waals surface area contributed by atoms with Crippen LogP contribution < -0.4 is 15.2 Å². The number of amides is 2. The molecule has 4 unspecified atom stereocenters. The summed E-state index contributed by atoms with van der Waals surface area (Å²) in [6.07, 6.45) is 7.00. The number of nitrogens with zero attached hydrogens (tertiary/aromatic N) is 3. The Morgan fingerprint density at radius 2 is 1.05 bits per heavy atom. The van der Waals surface area contributed by atoms with Crippen molar-refractivity contribution in [2.75, 3.05) is 0 Å². The van der Waals surface area contributed by atoms with Crippen LogP contribution in [0.3, 0.4) is 0 Å². The van der Waals surface area contributed by atoms with E-state index < -0.39 is 35.4 Å². The molecule has 4 aromatic carbocycles. The van der Waals surface area contributed by atoms with E-state index in [9.17, 15) is 14.7 Å². The molecular formula is C47H50N4O8. The second-order valence-electron chi connectivity index (χ2n) is 16.1. The largest absolute Gasteiger partial charge is 0.481 e. The number of aromatic amines is 1. The molecule has 3 fully saturated rings. The third kappa shape index (κ3) is 9.43. The fraction of sp³-hybridized carbons (Fsp3) is 0.383. The average Bonchev–Trinajstić information content (AvgIpc) is 4.06. The van der Waals surface area contributed by atoms with Crippen LogP contribution in [0.4, 0.5) is 0 Å². The zero-order chi connectivity index (χ0) is 40.7. The first kappa shape index (κ1) is 39.6. The van der Waals surface area contributed by atoms with Gasteiger partial charge in [-0.2, -0.15) is 0 Å². The molecule has 5 aromatic rings. The number of benzene rings is 4. The zero-order valence-corrected chi connectivity index (χ0v) is 33.0. The highest BCUT2D eigenvalue weighted by Gasteiger charge is 2.60. The lowest BCUT2D eigenvalue weighted by molar-refractivity contribution is -0.173. The number of carboxylic acid groups (broad SMARTS) is 1. The van der Waals surface area contributed by atoms with Crippen LogP contribution in [0.25, 0.3) is 0 Å². The maximum Gasteiger partial charge on any atom is 0.434 e. The van der Waals surface area contributed by atoms with E-state index in [1.54, 1.807) is 0 Å². The van der Waals surface area contributed by atoms with E-state index in [0.717, 1.165) is 74.0 Å². The monoisotopic (exact) mass is 798 g/mol. The molecule has 0 aliphatic heterocycles. The van der Waals surface area contributed by atoms with Gasteiger partial charge < -0.3 is 28.8 Å². The summed E-state index contributed by atoms with van der Waals surface area (Å²) in [5, 5.41) is 16.6. The molecule has 12 heteroatoms. The number of carboxylic acids is 1. The van der Waals surface area contributed by atoms with Crippen LogP contribution in [0.15, 0.2) is 118 Å². The van der Waals surface area contributed by atoms with Gasteiger partial charge in [-0.15, -0.1) is 5.10 Å². The summed E-state index contributed by atoms with van der Waals surface area (Å²) in [6.45, 7) is 0.638.